The van der Waals surface area contributed by atoms with Crippen molar-refractivity contribution in [2.45, 2.75) is 19.3 Å². The molecule has 0 N–H and O–H groups in total. The van der Waals surface area contributed by atoms with Crippen molar-refractivity contribution in [3.8, 4) is 50.2 Å². The summed E-state index contributed by atoms with van der Waals surface area (Å²) in [5.41, 5.74) is 20.6. The summed E-state index contributed by atoms with van der Waals surface area (Å²) in [5, 5.41) is 7.08. The summed E-state index contributed by atoms with van der Waals surface area (Å²) in [4.78, 5) is 2.44. The SMILES string of the molecule is CC1(C)c2ccccc2-c2ccc(-c3ccc(N(c4ccccc4-c4ccc5ccccc5c4)c4ccc(-c5ccc(-n6c7ccccc7c7ccccc76)cc5)c5oc6ccccc6c45)cc3)cc21. The van der Waals surface area contributed by atoms with E-state index in [1.807, 2.05) is 0 Å². The van der Waals surface area contributed by atoms with Crippen LogP contribution < -0.4 is 4.90 Å². The summed E-state index contributed by atoms with van der Waals surface area (Å²) < 4.78 is 9.37. The van der Waals surface area contributed by atoms with Gasteiger partial charge >= 0.3 is 0 Å². The van der Waals surface area contributed by atoms with Crippen LogP contribution in [0.4, 0.5) is 17.1 Å². The monoisotopic (exact) mass is 894 g/mol. The zero-order chi connectivity index (χ0) is 46.5. The highest BCUT2D eigenvalue weighted by Gasteiger charge is 2.35. The summed E-state index contributed by atoms with van der Waals surface area (Å²) in [7, 11) is 0. The van der Waals surface area contributed by atoms with Gasteiger partial charge in [-0.25, -0.2) is 0 Å². The predicted molar refractivity (Wildman–Crippen MR) is 294 cm³/mol. The Bertz CT molecular complexity index is 4150. The first kappa shape index (κ1) is 40.2. The van der Waals surface area contributed by atoms with Crippen molar-refractivity contribution >= 4 is 71.6 Å². The molecule has 13 aromatic rings. The van der Waals surface area contributed by atoms with Crippen LogP contribution in [0.15, 0.2) is 247 Å². The van der Waals surface area contributed by atoms with Crippen molar-refractivity contribution in [2.24, 2.45) is 0 Å². The lowest BCUT2D eigenvalue weighted by atomic mass is 9.81. The Balaban J connectivity index is 0.937. The maximum absolute atomic E-state index is 7.00. The molecule has 0 atom stereocenters. The molecule has 3 nitrogen and oxygen atoms in total. The predicted octanol–water partition coefficient (Wildman–Crippen LogP) is 18.6. The third kappa shape index (κ3) is 6.15. The number of rotatable bonds is 7. The number of nitrogens with zero attached hydrogens (tertiary/aromatic N) is 2. The minimum atomic E-state index is -0.0789. The molecule has 1 aliphatic carbocycles. The van der Waals surface area contributed by atoms with E-state index in [1.165, 1.54) is 66.0 Å². The number of aromatic nitrogens is 1. The van der Waals surface area contributed by atoms with Gasteiger partial charge in [0.2, 0.25) is 0 Å². The molecule has 0 saturated heterocycles. The fourth-order valence-corrected chi connectivity index (χ4v) is 11.6. The molecule has 0 amide bonds. The van der Waals surface area contributed by atoms with Crippen LogP contribution in [0.5, 0.6) is 0 Å². The molecule has 0 aliphatic heterocycles. The lowest BCUT2D eigenvalue weighted by Gasteiger charge is -2.29. The van der Waals surface area contributed by atoms with Crippen LogP contribution in [0.2, 0.25) is 0 Å². The Morgan fingerprint density at radius 1 is 0.386 bits per heavy atom. The van der Waals surface area contributed by atoms with Crippen LogP contribution >= 0.6 is 0 Å². The van der Waals surface area contributed by atoms with Crippen molar-refractivity contribution in [1.82, 2.24) is 4.57 Å². The van der Waals surface area contributed by atoms with E-state index in [9.17, 15) is 0 Å². The Morgan fingerprint density at radius 3 is 1.76 bits per heavy atom. The molecular weight excluding hydrogens is 849 g/mol. The lowest BCUT2D eigenvalue weighted by molar-refractivity contribution is 0.660. The number of furan rings is 1. The molecule has 11 aromatic carbocycles. The summed E-state index contributed by atoms with van der Waals surface area (Å²) in [6, 6.07) is 88.6. The van der Waals surface area contributed by atoms with Crippen molar-refractivity contribution in [1.29, 1.82) is 0 Å². The highest BCUT2D eigenvalue weighted by atomic mass is 16.3. The van der Waals surface area contributed by atoms with Crippen molar-refractivity contribution in [3.63, 3.8) is 0 Å². The average molecular weight is 895 g/mol. The van der Waals surface area contributed by atoms with E-state index >= 15 is 0 Å². The van der Waals surface area contributed by atoms with Crippen molar-refractivity contribution < 1.29 is 4.42 Å². The molecule has 1 aliphatic rings. The van der Waals surface area contributed by atoms with E-state index in [-0.39, 0.29) is 5.41 Å². The molecule has 0 fully saturated rings. The summed E-state index contributed by atoms with van der Waals surface area (Å²) in [6.07, 6.45) is 0. The first-order chi connectivity index (χ1) is 34.5. The lowest BCUT2D eigenvalue weighted by Crippen LogP contribution is -2.14. The number of anilines is 3. The maximum Gasteiger partial charge on any atom is 0.145 e. The largest absolute Gasteiger partial charge is 0.455 e. The molecule has 0 unspecified atom stereocenters. The van der Waals surface area contributed by atoms with Gasteiger partial charge in [0.1, 0.15) is 11.2 Å². The third-order valence-electron chi connectivity index (χ3n) is 15.0. The van der Waals surface area contributed by atoms with Crippen molar-refractivity contribution in [3.05, 3.63) is 254 Å². The highest BCUT2D eigenvalue weighted by Crippen LogP contribution is 2.51. The highest BCUT2D eigenvalue weighted by molar-refractivity contribution is 6.17. The fraction of sp³-hybridized carbons (Fsp3) is 0.0448. The Morgan fingerprint density at radius 2 is 0.971 bits per heavy atom. The molecule has 0 spiro atoms. The van der Waals surface area contributed by atoms with Crippen LogP contribution in [-0.2, 0) is 5.41 Å². The number of benzene rings is 11. The zero-order valence-corrected chi connectivity index (χ0v) is 38.9. The Labute approximate surface area is 406 Å². The van der Waals surface area contributed by atoms with Gasteiger partial charge in [0.05, 0.1) is 27.8 Å². The summed E-state index contributed by atoms with van der Waals surface area (Å²) in [6.45, 7) is 4.70. The molecule has 14 rings (SSSR count). The molecule has 3 heteroatoms. The standard InChI is InChI=1S/C67H46N2O/c1-67(2)58-22-10-5-18-53(58)54-38-33-47(42-59(54)67)44-29-34-50(35-30-44)69(60-23-11-6-17-51(60)48-28-27-43-15-3-4-16-46(43)41-48)63-40-39-52(66-65(63)57-21-9-14-26-64(57)70-66)45-31-36-49(37-32-45)68-61-24-12-7-19-55(61)56-20-8-13-25-62(56)68/h3-42H,1-2H3. The van der Waals surface area contributed by atoms with Gasteiger partial charge in [-0.05, 0) is 128 Å². The van der Waals surface area contributed by atoms with Gasteiger partial charge in [0.25, 0.3) is 0 Å². The Kier molecular flexibility index (Phi) is 8.93. The van der Waals surface area contributed by atoms with Gasteiger partial charge < -0.3 is 13.9 Å². The first-order valence-corrected chi connectivity index (χ1v) is 24.2. The van der Waals surface area contributed by atoms with Gasteiger partial charge in [-0.2, -0.15) is 0 Å². The van der Waals surface area contributed by atoms with E-state index in [4.69, 9.17) is 4.42 Å². The fourth-order valence-electron chi connectivity index (χ4n) is 11.6. The topological polar surface area (TPSA) is 21.3 Å². The first-order valence-electron chi connectivity index (χ1n) is 24.2. The molecule has 2 heterocycles. The molecule has 2 aromatic heterocycles. The molecule has 0 saturated carbocycles. The smallest absolute Gasteiger partial charge is 0.145 e. The molecule has 0 radical (unpaired) electrons. The third-order valence-corrected chi connectivity index (χ3v) is 15.0. The van der Waals surface area contributed by atoms with Crippen LogP contribution in [-0.4, -0.2) is 4.57 Å². The van der Waals surface area contributed by atoms with Crippen LogP contribution in [0.3, 0.4) is 0 Å². The van der Waals surface area contributed by atoms with Gasteiger partial charge in [0, 0.05) is 44.1 Å². The van der Waals surface area contributed by atoms with E-state index < -0.39 is 0 Å². The van der Waals surface area contributed by atoms with Crippen LogP contribution in [0.25, 0.3) is 105 Å². The second kappa shape index (κ2) is 15.6. The molecule has 70 heavy (non-hydrogen) atoms. The van der Waals surface area contributed by atoms with E-state index in [2.05, 4.69) is 266 Å². The quantitative estimate of drug-likeness (QED) is 0.159. The van der Waals surface area contributed by atoms with Crippen LogP contribution in [0.1, 0.15) is 25.0 Å². The summed E-state index contributed by atoms with van der Waals surface area (Å²) >= 11 is 0. The van der Waals surface area contributed by atoms with Gasteiger partial charge in [0.15, 0.2) is 0 Å². The van der Waals surface area contributed by atoms with Gasteiger partial charge in [-0.15, -0.1) is 0 Å². The van der Waals surface area contributed by atoms with E-state index in [0.717, 1.165) is 66.9 Å². The minimum Gasteiger partial charge on any atom is -0.455 e. The second-order valence-corrected chi connectivity index (χ2v) is 19.2. The van der Waals surface area contributed by atoms with Gasteiger partial charge in [-0.1, -0.05) is 184 Å². The van der Waals surface area contributed by atoms with Crippen LogP contribution in [0, 0.1) is 0 Å². The number of hydrogen-bond acceptors (Lipinski definition) is 2. The van der Waals surface area contributed by atoms with E-state index in [0.29, 0.717) is 0 Å². The molecular formula is C67H46N2O. The zero-order valence-electron chi connectivity index (χ0n) is 38.9. The Hall–Kier alpha value is -8.92. The molecule has 330 valence electrons. The number of para-hydroxylation sites is 4. The number of hydrogen-bond donors (Lipinski definition) is 0. The summed E-state index contributed by atoms with van der Waals surface area (Å²) in [5.74, 6) is 0. The second-order valence-electron chi connectivity index (χ2n) is 19.2. The number of fused-ring (bicyclic) bond motifs is 10. The maximum atomic E-state index is 7.00. The normalized spacial score (nSPS) is 12.8. The molecule has 0 bridgehead atoms. The average Bonchev–Trinajstić information content (AvgIpc) is 4.05. The van der Waals surface area contributed by atoms with Gasteiger partial charge in [-0.3, -0.25) is 0 Å². The van der Waals surface area contributed by atoms with Crippen molar-refractivity contribution in [2.75, 3.05) is 4.90 Å². The van der Waals surface area contributed by atoms with E-state index in [1.54, 1.807) is 0 Å². The minimum absolute atomic E-state index is 0.0789.